The number of ether oxygens (including phenoxy) is 1. The molecule has 0 aliphatic heterocycles. The van der Waals surface area contributed by atoms with Gasteiger partial charge in [0.05, 0.1) is 6.54 Å². The lowest BCUT2D eigenvalue weighted by Gasteiger charge is -2.24. The molecule has 1 heterocycles. The van der Waals surface area contributed by atoms with Crippen LogP contribution in [-0.4, -0.2) is 66.5 Å². The van der Waals surface area contributed by atoms with Crippen molar-refractivity contribution in [3.63, 3.8) is 0 Å². The molecule has 2 rings (SSSR count). The maximum atomic E-state index is 13.1. The van der Waals surface area contributed by atoms with Gasteiger partial charge in [-0.15, -0.1) is 17.0 Å². The minimum Gasteiger partial charge on any atom is -0.444 e. The van der Waals surface area contributed by atoms with Crippen LogP contribution in [0, 0.1) is 12.8 Å². The molecule has 0 radical (unpaired) electrons. The van der Waals surface area contributed by atoms with Crippen LogP contribution in [0.5, 0.6) is 0 Å². The third kappa shape index (κ3) is 13.7. The van der Waals surface area contributed by atoms with Crippen molar-refractivity contribution in [3.8, 4) is 0 Å². The fraction of sp³-hybridized carbons (Fsp3) is 0.500. The van der Waals surface area contributed by atoms with E-state index in [4.69, 9.17) is 20.6 Å². The number of imide groups is 1. The van der Waals surface area contributed by atoms with Gasteiger partial charge in [-0.2, -0.15) is 0 Å². The first-order chi connectivity index (χ1) is 20.9. The van der Waals surface area contributed by atoms with E-state index in [0.29, 0.717) is 10.9 Å². The van der Waals surface area contributed by atoms with Crippen LogP contribution in [0.2, 0.25) is 0 Å². The first-order valence-electron chi connectivity index (χ1n) is 14.5. The van der Waals surface area contributed by atoms with Gasteiger partial charge >= 0.3 is 11.7 Å². The molecular formula is C30H44BrN7O8. The average Bonchev–Trinajstić information content (AvgIpc) is 2.90. The number of amides is 5. The molecule has 254 valence electrons. The van der Waals surface area contributed by atoms with Crippen LogP contribution in [0.3, 0.4) is 0 Å². The lowest BCUT2D eigenvalue weighted by atomic mass is 10.0. The van der Waals surface area contributed by atoms with E-state index in [2.05, 4.69) is 26.3 Å². The Labute approximate surface area is 277 Å². The largest absolute Gasteiger partial charge is 0.444 e. The summed E-state index contributed by atoms with van der Waals surface area (Å²) in [6.07, 6.45) is -0.174. The number of halogens is 1. The number of nitrogens with two attached hydrogens (primary N) is 2. The number of alkyl carbamates (subject to hydrolysis) is 1. The fourth-order valence-corrected chi connectivity index (χ4v) is 4.20. The molecule has 0 fully saturated rings. The summed E-state index contributed by atoms with van der Waals surface area (Å²) in [5, 5.41) is 10.4. The third-order valence-corrected chi connectivity index (χ3v) is 6.19. The van der Waals surface area contributed by atoms with Gasteiger partial charge in [0.1, 0.15) is 23.3 Å². The summed E-state index contributed by atoms with van der Waals surface area (Å²) in [5.41, 5.74) is 10.2. The summed E-state index contributed by atoms with van der Waals surface area (Å²) in [7, 11) is 0. The number of aliphatic imine (C=N–C) groups is 1. The second-order valence-corrected chi connectivity index (χ2v) is 11.9. The third-order valence-electron chi connectivity index (χ3n) is 6.19. The molecule has 0 unspecified atom stereocenters. The number of rotatable bonds is 13. The molecule has 16 heteroatoms. The highest BCUT2D eigenvalue weighted by Gasteiger charge is 2.27. The van der Waals surface area contributed by atoms with Crippen molar-refractivity contribution in [3.05, 3.63) is 45.8 Å². The zero-order valence-electron chi connectivity index (χ0n) is 26.9. The van der Waals surface area contributed by atoms with Gasteiger partial charge in [-0.3, -0.25) is 29.5 Å². The topological polar surface area (TPSA) is 237 Å². The van der Waals surface area contributed by atoms with E-state index in [0.717, 1.165) is 0 Å². The maximum Gasteiger partial charge on any atom is 0.408 e. The minimum absolute atomic E-state index is 0. The van der Waals surface area contributed by atoms with Crippen molar-refractivity contribution in [2.45, 2.75) is 78.5 Å². The van der Waals surface area contributed by atoms with Gasteiger partial charge in [0.2, 0.25) is 17.7 Å². The summed E-state index contributed by atoms with van der Waals surface area (Å²) in [6.45, 7) is 10.2. The molecule has 2 aromatic rings. The van der Waals surface area contributed by atoms with Gasteiger partial charge in [-0.1, -0.05) is 19.9 Å². The fourth-order valence-electron chi connectivity index (χ4n) is 4.20. The van der Waals surface area contributed by atoms with Crippen LogP contribution >= 0.6 is 17.0 Å². The molecule has 0 aliphatic carbocycles. The van der Waals surface area contributed by atoms with Crippen molar-refractivity contribution in [2.75, 3.05) is 13.1 Å². The Morgan fingerprint density at radius 1 is 1.00 bits per heavy atom. The number of guanidine groups is 1. The smallest absolute Gasteiger partial charge is 0.408 e. The molecule has 15 nitrogen and oxygen atoms in total. The standard InChI is InChI=1S/C30H43N7O8.BrH/c1-16(2)12-21(36-29(43)45-30(4,5)6)26(41)34-15-23(38)35-20(8-7-11-33-28(31)32)27(42)37-25(40)18-9-10-19-17(3)13-24(39)44-22(19)14-18;/h9-10,13-14,16,20-21H,7-8,11-12,15H2,1-6H3,(H,34,41)(H,35,38)(H,36,43)(H4,31,32,33)(H,37,40,42);1H/t20-,21-;/m0./s1. The van der Waals surface area contributed by atoms with Gasteiger partial charge in [0, 0.05) is 23.6 Å². The summed E-state index contributed by atoms with van der Waals surface area (Å²) in [6, 6.07) is 3.56. The van der Waals surface area contributed by atoms with Crippen molar-refractivity contribution in [1.82, 2.24) is 21.3 Å². The zero-order valence-corrected chi connectivity index (χ0v) is 28.6. The quantitative estimate of drug-likeness (QED) is 0.0759. The first-order valence-corrected chi connectivity index (χ1v) is 14.5. The van der Waals surface area contributed by atoms with Gasteiger partial charge in [-0.05, 0) is 70.6 Å². The summed E-state index contributed by atoms with van der Waals surface area (Å²) < 4.78 is 10.4. The Kier molecular flexibility index (Phi) is 15.4. The molecule has 2 atom stereocenters. The van der Waals surface area contributed by atoms with E-state index in [9.17, 15) is 28.8 Å². The Balaban J connectivity index is 0.0000106. The number of nitrogens with zero attached hydrogens (tertiary/aromatic N) is 1. The molecule has 46 heavy (non-hydrogen) atoms. The van der Waals surface area contributed by atoms with E-state index in [1.807, 2.05) is 13.8 Å². The van der Waals surface area contributed by atoms with E-state index in [1.54, 1.807) is 33.8 Å². The van der Waals surface area contributed by atoms with Crippen LogP contribution < -0.4 is 38.4 Å². The lowest BCUT2D eigenvalue weighted by Crippen LogP contribution is -2.53. The lowest BCUT2D eigenvalue weighted by molar-refractivity contribution is -0.130. The molecule has 0 spiro atoms. The number of fused-ring (bicyclic) bond motifs is 1. The highest BCUT2D eigenvalue weighted by Crippen LogP contribution is 2.18. The SMILES string of the molecule is Br.Cc1cc(=O)oc2cc(C(=O)NC(=O)[C@H](CCCN=C(N)N)NC(=O)CNC(=O)[C@H](CC(C)C)NC(=O)OC(C)(C)C)ccc12. The number of benzene rings is 1. The van der Waals surface area contributed by atoms with Gasteiger partial charge in [-0.25, -0.2) is 9.59 Å². The molecule has 0 aliphatic rings. The number of carbonyl (C=O) groups excluding carboxylic acids is 5. The first kappa shape index (κ1) is 39.6. The van der Waals surface area contributed by atoms with Crippen molar-refractivity contribution in [2.24, 2.45) is 22.4 Å². The predicted molar refractivity (Wildman–Crippen MR) is 177 cm³/mol. The molecule has 8 N–H and O–H groups in total. The summed E-state index contributed by atoms with van der Waals surface area (Å²) in [4.78, 5) is 79.6. The number of aryl methyl sites for hydroxylation is 1. The zero-order chi connectivity index (χ0) is 33.9. The number of carbonyl (C=O) groups is 5. The van der Waals surface area contributed by atoms with Crippen LogP contribution in [0.1, 0.15) is 69.8 Å². The maximum absolute atomic E-state index is 13.1. The normalized spacial score (nSPS) is 12.2. The van der Waals surface area contributed by atoms with Crippen molar-refractivity contribution in [1.29, 1.82) is 0 Å². The Hall–Kier alpha value is -4.47. The molecular weight excluding hydrogens is 666 g/mol. The van der Waals surface area contributed by atoms with Gasteiger partial charge in [0.25, 0.3) is 5.91 Å². The second kappa shape index (κ2) is 17.9. The summed E-state index contributed by atoms with van der Waals surface area (Å²) in [5.74, 6) is -3.06. The Morgan fingerprint density at radius 2 is 1.67 bits per heavy atom. The Morgan fingerprint density at radius 3 is 2.28 bits per heavy atom. The number of hydrogen-bond acceptors (Lipinski definition) is 9. The summed E-state index contributed by atoms with van der Waals surface area (Å²) >= 11 is 0. The number of hydrogen-bond donors (Lipinski definition) is 6. The number of nitrogens with one attached hydrogen (secondary N) is 4. The van der Waals surface area contributed by atoms with E-state index in [1.165, 1.54) is 18.2 Å². The van der Waals surface area contributed by atoms with Crippen molar-refractivity contribution >= 4 is 63.6 Å². The predicted octanol–water partition coefficient (Wildman–Crippen LogP) is 1.53. The molecule has 1 aromatic carbocycles. The molecule has 0 saturated carbocycles. The van der Waals surface area contributed by atoms with E-state index < -0.39 is 59.6 Å². The van der Waals surface area contributed by atoms with Crippen LogP contribution in [0.15, 0.2) is 38.5 Å². The highest BCUT2D eigenvalue weighted by atomic mass is 79.9. The average molecular weight is 711 g/mol. The monoisotopic (exact) mass is 709 g/mol. The molecule has 1 aromatic heterocycles. The van der Waals surface area contributed by atoms with E-state index >= 15 is 0 Å². The van der Waals surface area contributed by atoms with Gasteiger partial charge < -0.3 is 36.6 Å². The molecule has 5 amide bonds. The molecule has 0 saturated heterocycles. The van der Waals surface area contributed by atoms with Crippen LogP contribution in [0.25, 0.3) is 11.0 Å². The van der Waals surface area contributed by atoms with Crippen LogP contribution in [-0.2, 0) is 19.1 Å². The van der Waals surface area contributed by atoms with E-state index in [-0.39, 0.29) is 65.8 Å². The molecule has 0 bridgehead atoms. The van der Waals surface area contributed by atoms with Crippen molar-refractivity contribution < 1.29 is 33.1 Å². The second-order valence-electron chi connectivity index (χ2n) is 11.9. The Bertz CT molecular complexity index is 1500. The minimum atomic E-state index is -1.19. The van der Waals surface area contributed by atoms with Crippen LogP contribution in [0.4, 0.5) is 4.79 Å². The highest BCUT2D eigenvalue weighted by molar-refractivity contribution is 8.93. The van der Waals surface area contributed by atoms with Gasteiger partial charge in [0.15, 0.2) is 5.96 Å².